The molecule has 1 aromatic carbocycles. The van der Waals surface area contributed by atoms with Crippen LogP contribution >= 0.6 is 0 Å². The van der Waals surface area contributed by atoms with Crippen molar-refractivity contribution < 1.29 is 19.0 Å². The number of hydrogen-bond donors (Lipinski definition) is 1. The molecule has 29 heavy (non-hydrogen) atoms. The van der Waals surface area contributed by atoms with Gasteiger partial charge in [0.05, 0.1) is 24.9 Å². The predicted octanol–water partition coefficient (Wildman–Crippen LogP) is 2.27. The van der Waals surface area contributed by atoms with E-state index >= 15 is 0 Å². The number of benzene rings is 1. The molecule has 3 heterocycles. The molecule has 0 radical (unpaired) electrons. The first kappa shape index (κ1) is 18.9. The number of rotatable bonds is 5. The topological polar surface area (TPSA) is 106 Å². The van der Waals surface area contributed by atoms with Crippen molar-refractivity contribution in [3.05, 3.63) is 42.3 Å². The standard InChI is InChI=1S/C19H19FN6O3/c1-3-26-23-18(22-24-26)16-7-4-12(9-21-16)14-6-5-13(8-15(14)20)25-10-17(11(2)27)29-19(25)28/h4-9,11,17,27H,3,10H2,1-2H3/t11?,17-/m0/s1. The van der Waals surface area contributed by atoms with Gasteiger partial charge in [-0.3, -0.25) is 9.88 Å². The molecule has 1 aliphatic heterocycles. The van der Waals surface area contributed by atoms with Gasteiger partial charge in [0.15, 0.2) is 0 Å². The summed E-state index contributed by atoms with van der Waals surface area (Å²) in [6, 6.07) is 7.90. The number of tetrazole rings is 1. The molecule has 0 aliphatic carbocycles. The fourth-order valence-corrected chi connectivity index (χ4v) is 3.02. The highest BCUT2D eigenvalue weighted by molar-refractivity contribution is 5.90. The van der Waals surface area contributed by atoms with Gasteiger partial charge in [-0.1, -0.05) is 6.07 Å². The molecule has 1 amide bonds. The predicted molar refractivity (Wildman–Crippen MR) is 101 cm³/mol. The monoisotopic (exact) mass is 398 g/mol. The normalized spacial score (nSPS) is 17.4. The Bertz CT molecular complexity index is 1040. The molecule has 2 atom stereocenters. The lowest BCUT2D eigenvalue weighted by atomic mass is 10.1. The Morgan fingerprint density at radius 1 is 1.34 bits per heavy atom. The third kappa shape index (κ3) is 3.66. The summed E-state index contributed by atoms with van der Waals surface area (Å²) in [7, 11) is 0. The molecule has 1 unspecified atom stereocenters. The Kier molecular flexibility index (Phi) is 4.93. The zero-order valence-corrected chi connectivity index (χ0v) is 15.9. The molecule has 3 aromatic rings. The van der Waals surface area contributed by atoms with Gasteiger partial charge in [-0.2, -0.15) is 4.80 Å². The van der Waals surface area contributed by atoms with Crippen LogP contribution in [0.3, 0.4) is 0 Å². The van der Waals surface area contributed by atoms with Crippen LogP contribution < -0.4 is 4.90 Å². The van der Waals surface area contributed by atoms with Gasteiger partial charge in [-0.05, 0) is 43.3 Å². The molecule has 0 saturated carbocycles. The van der Waals surface area contributed by atoms with Crippen LogP contribution in [0.25, 0.3) is 22.6 Å². The molecule has 150 valence electrons. The average molecular weight is 398 g/mol. The van der Waals surface area contributed by atoms with Crippen molar-refractivity contribution in [1.82, 2.24) is 25.2 Å². The van der Waals surface area contributed by atoms with Crippen molar-refractivity contribution in [3.63, 3.8) is 0 Å². The summed E-state index contributed by atoms with van der Waals surface area (Å²) < 4.78 is 19.8. The first-order valence-electron chi connectivity index (χ1n) is 9.16. The van der Waals surface area contributed by atoms with Gasteiger partial charge in [0.1, 0.15) is 17.6 Å². The van der Waals surface area contributed by atoms with E-state index in [1.807, 2.05) is 6.92 Å². The average Bonchev–Trinajstić information content (AvgIpc) is 3.35. The molecule has 0 bridgehead atoms. The van der Waals surface area contributed by atoms with E-state index in [0.717, 1.165) is 0 Å². The Balaban J connectivity index is 1.56. The van der Waals surface area contributed by atoms with E-state index in [1.54, 1.807) is 31.2 Å². The van der Waals surface area contributed by atoms with Gasteiger partial charge >= 0.3 is 6.09 Å². The maximum atomic E-state index is 14.8. The van der Waals surface area contributed by atoms with Crippen LogP contribution in [0.4, 0.5) is 14.9 Å². The second-order valence-electron chi connectivity index (χ2n) is 6.67. The second kappa shape index (κ2) is 7.55. The lowest BCUT2D eigenvalue weighted by Gasteiger charge is -2.15. The van der Waals surface area contributed by atoms with Crippen molar-refractivity contribution in [2.24, 2.45) is 0 Å². The lowest BCUT2D eigenvalue weighted by Crippen LogP contribution is -2.29. The Morgan fingerprint density at radius 3 is 2.76 bits per heavy atom. The number of cyclic esters (lactones) is 1. The summed E-state index contributed by atoms with van der Waals surface area (Å²) in [4.78, 5) is 19.0. The number of ether oxygens (including phenoxy) is 1. The van der Waals surface area contributed by atoms with Crippen LogP contribution in [0.1, 0.15) is 13.8 Å². The summed E-state index contributed by atoms with van der Waals surface area (Å²) in [6.45, 7) is 4.21. The zero-order chi connectivity index (χ0) is 20.5. The van der Waals surface area contributed by atoms with E-state index in [9.17, 15) is 14.3 Å². The van der Waals surface area contributed by atoms with Gasteiger partial charge in [0, 0.05) is 17.3 Å². The highest BCUT2D eigenvalue weighted by Gasteiger charge is 2.35. The quantitative estimate of drug-likeness (QED) is 0.703. The van der Waals surface area contributed by atoms with E-state index in [-0.39, 0.29) is 6.54 Å². The highest BCUT2D eigenvalue weighted by atomic mass is 19.1. The minimum atomic E-state index is -0.800. The molecule has 4 rings (SSSR count). The van der Waals surface area contributed by atoms with E-state index in [2.05, 4.69) is 20.4 Å². The number of nitrogens with zero attached hydrogens (tertiary/aromatic N) is 6. The van der Waals surface area contributed by atoms with Crippen molar-refractivity contribution in [2.45, 2.75) is 32.6 Å². The van der Waals surface area contributed by atoms with Crippen LogP contribution in [0.2, 0.25) is 0 Å². The second-order valence-corrected chi connectivity index (χ2v) is 6.67. The van der Waals surface area contributed by atoms with Crippen LogP contribution in [0, 0.1) is 5.82 Å². The highest BCUT2D eigenvalue weighted by Crippen LogP contribution is 2.29. The number of carbonyl (C=O) groups excluding carboxylic acids is 1. The SMILES string of the molecule is CCn1nnc(-c2ccc(-c3ccc(N4C[C@@H](C(C)O)OC4=O)cc3F)cn2)n1. The van der Waals surface area contributed by atoms with Crippen molar-refractivity contribution in [2.75, 3.05) is 11.4 Å². The molecule has 0 spiro atoms. The molecule has 2 aromatic heterocycles. The fourth-order valence-electron chi connectivity index (χ4n) is 3.02. The summed E-state index contributed by atoms with van der Waals surface area (Å²) in [6.07, 6.45) is -0.512. The summed E-state index contributed by atoms with van der Waals surface area (Å²) in [5.41, 5.74) is 1.82. The molecule has 1 N–H and O–H groups in total. The molecular weight excluding hydrogens is 379 g/mol. The molecule has 1 fully saturated rings. The van der Waals surface area contributed by atoms with Gasteiger partial charge in [0.25, 0.3) is 0 Å². The minimum absolute atomic E-state index is 0.164. The molecule has 10 heteroatoms. The largest absolute Gasteiger partial charge is 0.441 e. The zero-order valence-electron chi connectivity index (χ0n) is 15.9. The number of pyridine rings is 1. The van der Waals surface area contributed by atoms with E-state index < -0.39 is 24.1 Å². The third-order valence-electron chi connectivity index (χ3n) is 4.68. The smallest absolute Gasteiger partial charge is 0.414 e. The number of aliphatic hydroxyl groups is 1. The van der Waals surface area contributed by atoms with Crippen molar-refractivity contribution >= 4 is 11.8 Å². The maximum Gasteiger partial charge on any atom is 0.414 e. The number of aryl methyl sites for hydroxylation is 1. The van der Waals surface area contributed by atoms with Gasteiger partial charge < -0.3 is 9.84 Å². The Hall–Kier alpha value is -3.40. The van der Waals surface area contributed by atoms with Gasteiger partial charge in [0.2, 0.25) is 5.82 Å². The Morgan fingerprint density at radius 2 is 2.17 bits per heavy atom. The number of aromatic nitrogens is 5. The number of amides is 1. The van der Waals surface area contributed by atoms with Crippen LogP contribution in [0.15, 0.2) is 36.5 Å². The molecule has 1 aliphatic rings. The van der Waals surface area contributed by atoms with Crippen LogP contribution in [0.5, 0.6) is 0 Å². The van der Waals surface area contributed by atoms with Crippen molar-refractivity contribution in [3.8, 4) is 22.6 Å². The fraction of sp³-hybridized carbons (Fsp3) is 0.316. The molecular formula is C19H19FN6O3. The van der Waals surface area contributed by atoms with E-state index in [1.165, 1.54) is 22.0 Å². The van der Waals surface area contributed by atoms with Gasteiger partial charge in [-0.25, -0.2) is 9.18 Å². The first-order valence-corrected chi connectivity index (χ1v) is 9.16. The minimum Gasteiger partial charge on any atom is -0.441 e. The number of anilines is 1. The summed E-state index contributed by atoms with van der Waals surface area (Å²) in [5.74, 6) is -0.102. The van der Waals surface area contributed by atoms with Crippen molar-refractivity contribution in [1.29, 1.82) is 0 Å². The maximum absolute atomic E-state index is 14.8. The molecule has 9 nitrogen and oxygen atoms in total. The van der Waals surface area contributed by atoms with Gasteiger partial charge in [-0.15, -0.1) is 10.2 Å². The summed E-state index contributed by atoms with van der Waals surface area (Å²) in [5, 5.41) is 21.6. The lowest BCUT2D eigenvalue weighted by molar-refractivity contribution is 0.0437. The Labute approximate surface area is 165 Å². The summed E-state index contributed by atoms with van der Waals surface area (Å²) >= 11 is 0. The van der Waals surface area contributed by atoms with E-state index in [0.29, 0.717) is 34.9 Å². The van der Waals surface area contributed by atoms with E-state index in [4.69, 9.17) is 4.74 Å². The molecule has 1 saturated heterocycles. The van der Waals surface area contributed by atoms with Crippen LogP contribution in [-0.4, -0.2) is 55.1 Å². The number of carbonyl (C=O) groups is 1. The third-order valence-corrected chi connectivity index (χ3v) is 4.68. The van der Waals surface area contributed by atoms with Crippen LogP contribution in [-0.2, 0) is 11.3 Å². The first-order chi connectivity index (χ1) is 14.0. The number of hydrogen-bond acceptors (Lipinski definition) is 7. The number of halogens is 1. The number of aliphatic hydroxyl groups excluding tert-OH is 1.